The zero-order valence-corrected chi connectivity index (χ0v) is 12.0. The molecule has 0 bridgehead atoms. The highest BCUT2D eigenvalue weighted by atomic mass is 16.1. The van der Waals surface area contributed by atoms with Crippen molar-refractivity contribution in [3.63, 3.8) is 0 Å². The lowest BCUT2D eigenvalue weighted by Crippen LogP contribution is -2.36. The lowest BCUT2D eigenvalue weighted by Gasteiger charge is -2.27. The highest BCUT2D eigenvalue weighted by Crippen LogP contribution is 2.22. The molecule has 0 N–H and O–H groups in total. The number of fused-ring (bicyclic) bond motifs is 1. The summed E-state index contributed by atoms with van der Waals surface area (Å²) in [5, 5.41) is 4.50. The first-order chi connectivity index (χ1) is 9.69. The van der Waals surface area contributed by atoms with E-state index in [1.54, 1.807) is 10.6 Å². The van der Waals surface area contributed by atoms with Crippen molar-refractivity contribution in [3.8, 4) is 0 Å². The second kappa shape index (κ2) is 5.32. The fourth-order valence-corrected chi connectivity index (χ4v) is 3.12. The van der Waals surface area contributed by atoms with Crippen molar-refractivity contribution in [2.75, 3.05) is 6.54 Å². The zero-order valence-electron chi connectivity index (χ0n) is 12.0. The molecule has 0 aliphatic carbocycles. The quantitative estimate of drug-likeness (QED) is 0.798. The third-order valence-electron chi connectivity index (χ3n) is 4.07. The van der Waals surface area contributed by atoms with Crippen LogP contribution in [0.15, 0.2) is 18.3 Å². The Hall–Kier alpha value is -1.75. The number of hydrogen-bond donors (Lipinski definition) is 0. The number of hydrogen-bond acceptors (Lipinski definition) is 4. The van der Waals surface area contributed by atoms with Gasteiger partial charge in [0, 0.05) is 24.7 Å². The maximum absolute atomic E-state index is 11.0. The van der Waals surface area contributed by atoms with E-state index in [0.29, 0.717) is 23.3 Å². The van der Waals surface area contributed by atoms with Gasteiger partial charge in [0.1, 0.15) is 0 Å². The normalized spacial score (nSPS) is 20.1. The highest BCUT2D eigenvalue weighted by molar-refractivity contribution is 5.83. The largest absolute Gasteiger partial charge is 0.298 e. The molecule has 2 aromatic heterocycles. The molecule has 0 amide bonds. The Morgan fingerprint density at radius 1 is 1.50 bits per heavy atom. The molecule has 0 radical (unpaired) electrons. The number of rotatable bonds is 4. The molecular weight excluding hydrogens is 252 g/mol. The Kier molecular flexibility index (Phi) is 3.53. The third kappa shape index (κ3) is 2.33. The molecule has 0 spiro atoms. The van der Waals surface area contributed by atoms with Crippen LogP contribution in [0.4, 0.5) is 0 Å². The van der Waals surface area contributed by atoms with E-state index in [1.165, 1.54) is 12.8 Å². The number of carbonyl (C=O) groups excluding carboxylic acids is 1. The fraction of sp³-hybridized carbons (Fsp3) is 0.533. The van der Waals surface area contributed by atoms with Crippen LogP contribution in [-0.2, 0) is 6.42 Å². The van der Waals surface area contributed by atoms with Crippen molar-refractivity contribution in [1.82, 2.24) is 19.5 Å². The molecule has 1 atom stereocenters. The molecular formula is C15H20N4O. The van der Waals surface area contributed by atoms with Gasteiger partial charge >= 0.3 is 0 Å². The Morgan fingerprint density at radius 2 is 2.35 bits per heavy atom. The van der Waals surface area contributed by atoms with E-state index in [9.17, 15) is 4.79 Å². The maximum Gasteiger partial charge on any atom is 0.166 e. The van der Waals surface area contributed by atoms with Crippen LogP contribution in [0.25, 0.3) is 5.65 Å². The molecule has 2 aromatic rings. The van der Waals surface area contributed by atoms with E-state index in [4.69, 9.17) is 0 Å². The average Bonchev–Trinajstić information content (AvgIpc) is 3.04. The maximum atomic E-state index is 11.0. The topological polar surface area (TPSA) is 50.5 Å². The van der Waals surface area contributed by atoms with Gasteiger partial charge in [0.05, 0.1) is 5.56 Å². The van der Waals surface area contributed by atoms with Crippen LogP contribution in [-0.4, -0.2) is 44.4 Å². The first kappa shape index (κ1) is 13.2. The molecule has 1 aliphatic heterocycles. The predicted octanol–water partition coefficient (Wildman–Crippen LogP) is 1.96. The number of pyridine rings is 1. The monoisotopic (exact) mass is 272 g/mol. The van der Waals surface area contributed by atoms with Gasteiger partial charge in [-0.3, -0.25) is 9.69 Å². The van der Waals surface area contributed by atoms with E-state index < -0.39 is 0 Å². The number of aromatic nitrogens is 3. The highest BCUT2D eigenvalue weighted by Gasteiger charge is 2.27. The summed E-state index contributed by atoms with van der Waals surface area (Å²) in [5.74, 6) is 0.830. The van der Waals surface area contributed by atoms with E-state index in [-0.39, 0.29) is 0 Å². The SMILES string of the molecule is CC(C)N1CCCC1Cc1nc2c(C=O)cccn2n1. The fourth-order valence-electron chi connectivity index (χ4n) is 3.12. The predicted molar refractivity (Wildman–Crippen MR) is 76.9 cm³/mol. The van der Waals surface area contributed by atoms with Crippen LogP contribution in [0.2, 0.25) is 0 Å². The van der Waals surface area contributed by atoms with Gasteiger partial charge in [-0.2, -0.15) is 5.10 Å². The van der Waals surface area contributed by atoms with Gasteiger partial charge in [-0.15, -0.1) is 0 Å². The summed E-state index contributed by atoms with van der Waals surface area (Å²) >= 11 is 0. The molecule has 3 rings (SSSR count). The minimum atomic E-state index is 0.520. The third-order valence-corrected chi connectivity index (χ3v) is 4.07. The van der Waals surface area contributed by atoms with Crippen molar-refractivity contribution in [1.29, 1.82) is 0 Å². The molecule has 106 valence electrons. The second-order valence-corrected chi connectivity index (χ2v) is 5.71. The number of likely N-dealkylation sites (tertiary alicyclic amines) is 1. The molecule has 1 saturated heterocycles. The van der Waals surface area contributed by atoms with Gasteiger partial charge in [-0.05, 0) is 45.4 Å². The number of nitrogens with zero attached hydrogens (tertiary/aromatic N) is 4. The summed E-state index contributed by atoms with van der Waals surface area (Å²) in [6, 6.07) is 4.68. The second-order valence-electron chi connectivity index (χ2n) is 5.71. The van der Waals surface area contributed by atoms with Gasteiger partial charge in [0.15, 0.2) is 17.8 Å². The lowest BCUT2D eigenvalue weighted by atomic mass is 10.1. The first-order valence-corrected chi connectivity index (χ1v) is 7.24. The Morgan fingerprint density at radius 3 is 3.10 bits per heavy atom. The minimum Gasteiger partial charge on any atom is -0.298 e. The van der Waals surface area contributed by atoms with E-state index in [0.717, 1.165) is 25.1 Å². The molecule has 1 aliphatic rings. The standard InChI is InChI=1S/C15H20N4O/c1-11(2)18-7-4-6-13(18)9-14-16-15-12(10-20)5-3-8-19(15)17-14/h3,5,8,10-11,13H,4,6-7,9H2,1-2H3. The van der Waals surface area contributed by atoms with Crippen LogP contribution >= 0.6 is 0 Å². The van der Waals surface area contributed by atoms with Crippen molar-refractivity contribution < 1.29 is 4.79 Å². The summed E-state index contributed by atoms with van der Waals surface area (Å²) in [6.07, 6.45) is 5.99. The van der Waals surface area contributed by atoms with Gasteiger partial charge < -0.3 is 0 Å². The van der Waals surface area contributed by atoms with Crippen molar-refractivity contribution in [2.24, 2.45) is 0 Å². The van der Waals surface area contributed by atoms with Crippen molar-refractivity contribution in [3.05, 3.63) is 29.7 Å². The molecule has 1 fully saturated rings. The average molecular weight is 272 g/mol. The van der Waals surface area contributed by atoms with Crippen LogP contribution in [0.1, 0.15) is 42.9 Å². The van der Waals surface area contributed by atoms with Crippen molar-refractivity contribution in [2.45, 2.75) is 45.2 Å². The van der Waals surface area contributed by atoms with Crippen LogP contribution < -0.4 is 0 Å². The molecule has 5 nitrogen and oxygen atoms in total. The van der Waals surface area contributed by atoms with Crippen LogP contribution in [0.5, 0.6) is 0 Å². The molecule has 20 heavy (non-hydrogen) atoms. The van der Waals surface area contributed by atoms with Gasteiger partial charge in [0.25, 0.3) is 0 Å². The molecule has 3 heterocycles. The lowest BCUT2D eigenvalue weighted by molar-refractivity contribution is 0.112. The molecule has 1 unspecified atom stereocenters. The first-order valence-electron chi connectivity index (χ1n) is 7.24. The van der Waals surface area contributed by atoms with E-state index in [1.807, 2.05) is 12.3 Å². The van der Waals surface area contributed by atoms with Crippen LogP contribution in [0, 0.1) is 0 Å². The summed E-state index contributed by atoms with van der Waals surface area (Å²) in [6.45, 7) is 5.63. The number of aldehydes is 1. The molecule has 0 saturated carbocycles. The number of carbonyl (C=O) groups is 1. The van der Waals surface area contributed by atoms with Crippen molar-refractivity contribution >= 4 is 11.9 Å². The Bertz CT molecular complexity index is 619. The summed E-state index contributed by atoms with van der Waals surface area (Å²) in [4.78, 5) is 18.1. The smallest absolute Gasteiger partial charge is 0.166 e. The van der Waals surface area contributed by atoms with Crippen LogP contribution in [0.3, 0.4) is 0 Å². The Labute approximate surface area is 118 Å². The van der Waals surface area contributed by atoms with Gasteiger partial charge in [0.2, 0.25) is 0 Å². The van der Waals surface area contributed by atoms with Gasteiger partial charge in [-0.1, -0.05) is 0 Å². The Balaban J connectivity index is 1.86. The van der Waals surface area contributed by atoms with E-state index >= 15 is 0 Å². The molecule has 0 aromatic carbocycles. The summed E-state index contributed by atoms with van der Waals surface area (Å²) in [7, 11) is 0. The summed E-state index contributed by atoms with van der Waals surface area (Å²) in [5.41, 5.74) is 1.25. The zero-order chi connectivity index (χ0) is 14.1. The molecule has 5 heteroatoms. The van der Waals surface area contributed by atoms with Gasteiger partial charge in [-0.25, -0.2) is 9.50 Å². The minimum absolute atomic E-state index is 0.520. The van der Waals surface area contributed by atoms with E-state index in [2.05, 4.69) is 28.8 Å². The summed E-state index contributed by atoms with van der Waals surface area (Å²) < 4.78 is 1.70.